The first kappa shape index (κ1) is 26.9. The molecular formula is C29H26ClN5O2S. The van der Waals surface area contributed by atoms with E-state index >= 15 is 0 Å². The van der Waals surface area contributed by atoms with E-state index in [1.54, 1.807) is 22.4 Å². The van der Waals surface area contributed by atoms with E-state index in [4.69, 9.17) is 23.1 Å². The first-order chi connectivity index (χ1) is 18.3. The molecule has 0 unspecified atom stereocenters. The second-order valence-corrected chi connectivity index (χ2v) is 9.54. The number of amides is 1. The van der Waals surface area contributed by atoms with Gasteiger partial charge in [0.15, 0.2) is 11.5 Å². The molecule has 192 valence electrons. The number of hydrogen-bond donors (Lipinski definition) is 2. The number of primary amides is 1. The van der Waals surface area contributed by atoms with Gasteiger partial charge in [0.1, 0.15) is 0 Å². The molecule has 2 aromatic heterocycles. The van der Waals surface area contributed by atoms with Gasteiger partial charge in [0.05, 0.1) is 22.3 Å². The summed E-state index contributed by atoms with van der Waals surface area (Å²) in [5.74, 6) is -0.629. The van der Waals surface area contributed by atoms with E-state index in [2.05, 4.69) is 9.97 Å². The monoisotopic (exact) mass is 543 g/mol. The Morgan fingerprint density at radius 2 is 1.76 bits per heavy atom. The normalized spacial score (nSPS) is 10.6. The minimum atomic E-state index is -0.678. The van der Waals surface area contributed by atoms with Gasteiger partial charge in [-0.3, -0.25) is 14.2 Å². The fourth-order valence-electron chi connectivity index (χ4n) is 3.99. The van der Waals surface area contributed by atoms with Gasteiger partial charge in [0, 0.05) is 21.8 Å². The van der Waals surface area contributed by atoms with Crippen LogP contribution in [-0.2, 0) is 6.42 Å². The third-order valence-corrected chi connectivity index (χ3v) is 6.89. The summed E-state index contributed by atoms with van der Waals surface area (Å²) in [6, 6.07) is 25.0. The van der Waals surface area contributed by atoms with E-state index in [9.17, 15) is 9.59 Å². The minimum absolute atomic E-state index is 0.00190. The summed E-state index contributed by atoms with van der Waals surface area (Å²) in [6.45, 7) is 2.05. The molecule has 2 heterocycles. The Bertz CT molecular complexity index is 1670. The number of thioether (sulfide) groups is 1. The van der Waals surface area contributed by atoms with Crippen LogP contribution in [0.3, 0.4) is 0 Å². The lowest BCUT2D eigenvalue weighted by Gasteiger charge is -2.14. The zero-order chi connectivity index (χ0) is 27.2. The van der Waals surface area contributed by atoms with E-state index in [0.717, 1.165) is 33.6 Å². The first-order valence-corrected chi connectivity index (χ1v) is 13.4. The topological polar surface area (TPSA) is 117 Å². The van der Waals surface area contributed by atoms with Gasteiger partial charge in [-0.25, -0.2) is 9.97 Å². The molecule has 0 spiro atoms. The molecule has 0 atom stereocenters. The number of halogens is 1. The zero-order valence-electron chi connectivity index (χ0n) is 20.9. The summed E-state index contributed by atoms with van der Waals surface area (Å²) >= 11 is 7.83. The van der Waals surface area contributed by atoms with E-state index in [-0.39, 0.29) is 17.1 Å². The third-order valence-electron chi connectivity index (χ3n) is 5.85. The number of aromatic nitrogens is 3. The van der Waals surface area contributed by atoms with Crippen molar-refractivity contribution in [2.24, 2.45) is 5.73 Å². The lowest BCUT2D eigenvalue weighted by atomic mass is 10.1. The second kappa shape index (κ2) is 11.9. The summed E-state index contributed by atoms with van der Waals surface area (Å²) in [4.78, 5) is 33.2. The lowest BCUT2D eigenvalue weighted by molar-refractivity contribution is 0.0996. The summed E-state index contributed by atoms with van der Waals surface area (Å²) in [7, 11) is 0. The van der Waals surface area contributed by atoms with Crippen LogP contribution in [-0.4, -0.2) is 26.7 Å². The van der Waals surface area contributed by atoms with Crippen molar-refractivity contribution in [3.8, 4) is 16.9 Å². The number of benzene rings is 3. The number of fused-ring (bicyclic) bond motifs is 1. The van der Waals surface area contributed by atoms with Gasteiger partial charge in [-0.1, -0.05) is 61.0 Å². The quantitative estimate of drug-likeness (QED) is 0.272. The molecule has 5 rings (SSSR count). The molecule has 1 amide bonds. The van der Waals surface area contributed by atoms with E-state index in [1.807, 2.05) is 86.0 Å². The number of carbonyl (C=O) groups is 1. The van der Waals surface area contributed by atoms with Crippen molar-refractivity contribution in [1.82, 2.24) is 14.5 Å². The fourth-order valence-corrected chi connectivity index (χ4v) is 4.72. The molecule has 0 aliphatic carbocycles. The van der Waals surface area contributed by atoms with Crippen LogP contribution in [0.5, 0.6) is 0 Å². The lowest BCUT2D eigenvalue weighted by Crippen LogP contribution is -2.22. The predicted molar refractivity (Wildman–Crippen MR) is 156 cm³/mol. The highest BCUT2D eigenvalue weighted by molar-refractivity contribution is 7.98. The second-order valence-electron chi connectivity index (χ2n) is 8.25. The third kappa shape index (κ3) is 5.72. The van der Waals surface area contributed by atoms with Crippen LogP contribution in [0.4, 0.5) is 5.82 Å². The van der Waals surface area contributed by atoms with Crippen molar-refractivity contribution < 1.29 is 4.79 Å². The highest BCUT2D eigenvalue weighted by Crippen LogP contribution is 2.24. The molecule has 0 fully saturated rings. The Labute approximate surface area is 229 Å². The summed E-state index contributed by atoms with van der Waals surface area (Å²) in [6.07, 6.45) is 4.30. The molecular weight excluding hydrogens is 518 g/mol. The van der Waals surface area contributed by atoms with Crippen LogP contribution in [0.25, 0.3) is 27.7 Å². The summed E-state index contributed by atoms with van der Waals surface area (Å²) < 4.78 is 1.74. The van der Waals surface area contributed by atoms with E-state index < -0.39 is 5.91 Å². The van der Waals surface area contributed by atoms with Gasteiger partial charge in [0.25, 0.3) is 11.5 Å². The van der Waals surface area contributed by atoms with Gasteiger partial charge in [0.2, 0.25) is 0 Å². The summed E-state index contributed by atoms with van der Waals surface area (Å²) in [5, 5.41) is 1.97. The van der Waals surface area contributed by atoms with Crippen molar-refractivity contribution in [1.29, 1.82) is 0 Å². The van der Waals surface area contributed by atoms with Crippen LogP contribution in [0.1, 0.15) is 23.1 Å². The van der Waals surface area contributed by atoms with Crippen molar-refractivity contribution in [3.63, 3.8) is 0 Å². The smallest absolute Gasteiger partial charge is 0.271 e. The molecule has 0 saturated heterocycles. The van der Waals surface area contributed by atoms with Gasteiger partial charge in [-0.2, -0.15) is 0 Å². The number of para-hydroxylation sites is 1. The maximum atomic E-state index is 12.8. The molecule has 0 radical (unpaired) electrons. The minimum Gasteiger partial charge on any atom is -0.382 e. The maximum absolute atomic E-state index is 12.8. The van der Waals surface area contributed by atoms with Crippen molar-refractivity contribution in [3.05, 3.63) is 112 Å². The van der Waals surface area contributed by atoms with Gasteiger partial charge in [-0.05, 0) is 54.5 Å². The number of nitrogens with two attached hydrogens (primary N) is 2. The first-order valence-electron chi connectivity index (χ1n) is 11.8. The zero-order valence-corrected chi connectivity index (χ0v) is 22.5. The highest BCUT2D eigenvalue weighted by Gasteiger charge is 2.13. The average Bonchev–Trinajstić information content (AvgIpc) is 2.93. The number of rotatable bonds is 5. The average molecular weight is 544 g/mol. The van der Waals surface area contributed by atoms with Crippen LogP contribution in [0, 0.1) is 0 Å². The Kier molecular flexibility index (Phi) is 8.45. The number of aryl methyl sites for hydroxylation is 1. The molecule has 4 N–H and O–H groups in total. The molecule has 0 aliphatic heterocycles. The number of carbonyl (C=O) groups excluding carboxylic acids is 1. The van der Waals surface area contributed by atoms with Crippen LogP contribution >= 0.6 is 23.4 Å². The Morgan fingerprint density at radius 1 is 1.03 bits per heavy atom. The van der Waals surface area contributed by atoms with Crippen molar-refractivity contribution >= 4 is 45.9 Å². The summed E-state index contributed by atoms with van der Waals surface area (Å²) in [5.41, 5.74) is 14.0. The van der Waals surface area contributed by atoms with Gasteiger partial charge < -0.3 is 11.5 Å². The van der Waals surface area contributed by atoms with E-state index in [0.29, 0.717) is 16.1 Å². The standard InChI is InChI=1S/C17H14ClNO.C12H12N4OS/c1-2-13-11-12-7-6-10-15(18)16(12)17(20)19(13)14-8-4-3-5-9-14;1-18-8-4-2-3-7(5-8)9-6-15-11(13)10(16-9)12(14)17/h3-11H,2H2,1H3;2-6H,1H3,(H2,13,15)(H2,14,17). The molecule has 5 aromatic rings. The number of nitrogen functional groups attached to an aromatic ring is 1. The Morgan fingerprint density at radius 3 is 2.45 bits per heavy atom. The maximum Gasteiger partial charge on any atom is 0.271 e. The predicted octanol–water partition coefficient (Wildman–Crippen LogP) is 5.75. The molecule has 0 saturated carbocycles. The number of hydrogen-bond acceptors (Lipinski definition) is 6. The van der Waals surface area contributed by atoms with Gasteiger partial charge in [-0.15, -0.1) is 11.8 Å². The van der Waals surface area contributed by atoms with Crippen LogP contribution < -0.4 is 17.0 Å². The largest absolute Gasteiger partial charge is 0.382 e. The van der Waals surface area contributed by atoms with Crippen LogP contribution in [0.2, 0.25) is 5.02 Å². The highest BCUT2D eigenvalue weighted by atomic mass is 35.5. The Balaban J connectivity index is 0.000000178. The van der Waals surface area contributed by atoms with E-state index in [1.165, 1.54) is 6.20 Å². The fraction of sp³-hybridized carbons (Fsp3) is 0.103. The number of nitrogens with zero attached hydrogens (tertiary/aromatic N) is 3. The molecule has 7 nitrogen and oxygen atoms in total. The van der Waals surface area contributed by atoms with Crippen LogP contribution in [0.15, 0.2) is 94.7 Å². The molecule has 38 heavy (non-hydrogen) atoms. The SMILES string of the molecule is CCc1cc2cccc(Cl)c2c(=O)n1-c1ccccc1.CSc1cccc(-c2cnc(N)c(C(N)=O)n2)c1. The Hall–Kier alpha value is -4.14. The van der Waals surface area contributed by atoms with Crippen molar-refractivity contribution in [2.75, 3.05) is 12.0 Å². The molecule has 0 bridgehead atoms. The molecule has 0 aliphatic rings. The van der Waals surface area contributed by atoms with Crippen molar-refractivity contribution in [2.45, 2.75) is 18.2 Å². The van der Waals surface area contributed by atoms with Gasteiger partial charge >= 0.3 is 0 Å². The molecule has 3 aromatic carbocycles. The molecule has 9 heteroatoms. The number of anilines is 1. The number of pyridine rings is 1.